The van der Waals surface area contributed by atoms with Gasteiger partial charge in [-0.05, 0) is 42.5 Å². The number of aromatic nitrogens is 1. The van der Waals surface area contributed by atoms with Crippen LogP contribution >= 0.6 is 0 Å². The third-order valence-corrected chi connectivity index (χ3v) is 3.77. The molecule has 3 aromatic rings. The second-order valence-corrected chi connectivity index (χ2v) is 5.59. The van der Waals surface area contributed by atoms with Gasteiger partial charge in [0.25, 0.3) is 11.8 Å². The molecule has 0 aliphatic heterocycles. The molecule has 2 aromatic carbocycles. The summed E-state index contributed by atoms with van der Waals surface area (Å²) in [6.07, 6.45) is 1.40. The van der Waals surface area contributed by atoms with E-state index < -0.39 is 11.7 Å². The molecule has 3 rings (SSSR count). The summed E-state index contributed by atoms with van der Waals surface area (Å²) >= 11 is 0. The summed E-state index contributed by atoms with van der Waals surface area (Å²) in [6, 6.07) is 17.6. The van der Waals surface area contributed by atoms with Gasteiger partial charge in [-0.1, -0.05) is 24.3 Å². The van der Waals surface area contributed by atoms with Gasteiger partial charge in [0.05, 0.1) is 0 Å². The normalized spacial score (nSPS) is 10.2. The van der Waals surface area contributed by atoms with Crippen LogP contribution in [0.3, 0.4) is 0 Å². The van der Waals surface area contributed by atoms with E-state index in [2.05, 4.69) is 10.3 Å². The van der Waals surface area contributed by atoms with Crippen molar-refractivity contribution in [3.05, 3.63) is 90.0 Å². The molecule has 130 valence electrons. The molecule has 5 nitrogen and oxygen atoms in total. The first-order valence-corrected chi connectivity index (χ1v) is 7.90. The van der Waals surface area contributed by atoms with Crippen LogP contribution in [0, 0.1) is 5.82 Å². The van der Waals surface area contributed by atoms with Gasteiger partial charge in [0.1, 0.15) is 11.5 Å². The van der Waals surface area contributed by atoms with Gasteiger partial charge >= 0.3 is 0 Å². The van der Waals surface area contributed by atoms with Crippen molar-refractivity contribution in [2.75, 3.05) is 17.3 Å². The number of carbonyl (C=O) groups excluding carboxylic acids is 2. The maximum atomic E-state index is 13.2. The summed E-state index contributed by atoms with van der Waals surface area (Å²) in [6.45, 7) is 0. The summed E-state index contributed by atoms with van der Waals surface area (Å²) in [7, 11) is 1.64. The van der Waals surface area contributed by atoms with Crippen molar-refractivity contribution < 1.29 is 14.0 Å². The van der Waals surface area contributed by atoms with Crippen molar-refractivity contribution in [1.29, 1.82) is 0 Å². The average molecular weight is 349 g/mol. The topological polar surface area (TPSA) is 62.3 Å². The predicted molar refractivity (Wildman–Crippen MR) is 97.8 cm³/mol. The average Bonchev–Trinajstić information content (AvgIpc) is 2.67. The zero-order valence-electron chi connectivity index (χ0n) is 14.0. The SMILES string of the molecule is CN(C(=O)c1cc(C(=O)Nc2cccc(F)c2)ccn1)c1ccccc1. The van der Waals surface area contributed by atoms with Crippen molar-refractivity contribution in [3.8, 4) is 0 Å². The maximum absolute atomic E-state index is 13.2. The summed E-state index contributed by atoms with van der Waals surface area (Å²) in [5.74, 6) is -1.23. The van der Waals surface area contributed by atoms with Gasteiger partial charge in [-0.3, -0.25) is 14.6 Å². The minimum atomic E-state index is -0.450. The number of para-hydroxylation sites is 1. The Labute approximate surface area is 150 Å². The number of anilines is 2. The fourth-order valence-electron chi connectivity index (χ4n) is 2.40. The Morgan fingerprint density at radius 1 is 1.00 bits per heavy atom. The van der Waals surface area contributed by atoms with Crippen LogP contribution in [-0.2, 0) is 0 Å². The standard InChI is InChI=1S/C20H16FN3O2/c1-24(17-8-3-2-4-9-17)20(26)18-12-14(10-11-22-18)19(25)23-16-7-5-6-15(21)13-16/h2-13H,1H3,(H,23,25). The van der Waals surface area contributed by atoms with Gasteiger partial charge in [0, 0.05) is 30.2 Å². The van der Waals surface area contributed by atoms with Crippen molar-refractivity contribution >= 4 is 23.2 Å². The number of hydrogen-bond donors (Lipinski definition) is 1. The molecule has 0 spiro atoms. The van der Waals surface area contributed by atoms with Gasteiger partial charge in [0.15, 0.2) is 0 Å². The van der Waals surface area contributed by atoms with Crippen LogP contribution < -0.4 is 10.2 Å². The first-order valence-electron chi connectivity index (χ1n) is 7.90. The van der Waals surface area contributed by atoms with Crippen molar-refractivity contribution in [3.63, 3.8) is 0 Å². The lowest BCUT2D eigenvalue weighted by atomic mass is 10.2. The molecule has 0 radical (unpaired) electrons. The highest BCUT2D eigenvalue weighted by Gasteiger charge is 2.17. The van der Waals surface area contributed by atoms with Gasteiger partial charge in [-0.25, -0.2) is 4.39 Å². The number of benzene rings is 2. The highest BCUT2D eigenvalue weighted by molar-refractivity contribution is 6.08. The highest BCUT2D eigenvalue weighted by atomic mass is 19.1. The third kappa shape index (κ3) is 3.92. The van der Waals surface area contributed by atoms with Gasteiger partial charge in [0.2, 0.25) is 0 Å². The van der Waals surface area contributed by atoms with Crippen LogP contribution in [0.2, 0.25) is 0 Å². The van der Waals surface area contributed by atoms with E-state index in [0.29, 0.717) is 11.4 Å². The van der Waals surface area contributed by atoms with E-state index in [-0.39, 0.29) is 17.2 Å². The quantitative estimate of drug-likeness (QED) is 0.780. The molecule has 0 aliphatic rings. The number of nitrogens with one attached hydrogen (secondary N) is 1. The second-order valence-electron chi connectivity index (χ2n) is 5.59. The Morgan fingerprint density at radius 3 is 2.50 bits per heavy atom. The molecular formula is C20H16FN3O2. The molecule has 0 fully saturated rings. The lowest BCUT2D eigenvalue weighted by Gasteiger charge is -2.17. The van der Waals surface area contributed by atoms with Gasteiger partial charge in [-0.2, -0.15) is 0 Å². The van der Waals surface area contributed by atoms with Crippen LogP contribution in [0.1, 0.15) is 20.8 Å². The summed E-state index contributed by atoms with van der Waals surface area (Å²) in [5.41, 5.74) is 1.45. The number of pyridine rings is 1. The Morgan fingerprint density at radius 2 is 1.77 bits per heavy atom. The molecule has 6 heteroatoms. The molecule has 0 saturated carbocycles. The molecule has 2 amide bonds. The fraction of sp³-hybridized carbons (Fsp3) is 0.0500. The van der Waals surface area contributed by atoms with E-state index in [1.165, 1.54) is 41.4 Å². The number of halogens is 1. The lowest BCUT2D eigenvalue weighted by Crippen LogP contribution is -2.27. The number of amides is 2. The summed E-state index contributed by atoms with van der Waals surface area (Å²) in [4.78, 5) is 30.5. The Balaban J connectivity index is 1.79. The van der Waals surface area contributed by atoms with E-state index >= 15 is 0 Å². The molecule has 0 saturated heterocycles. The number of hydrogen-bond acceptors (Lipinski definition) is 3. The summed E-state index contributed by atoms with van der Waals surface area (Å²) < 4.78 is 13.2. The van der Waals surface area contributed by atoms with Crippen molar-refractivity contribution in [2.45, 2.75) is 0 Å². The Kier molecular flexibility index (Phi) is 5.03. The van der Waals surface area contributed by atoms with E-state index in [1.807, 2.05) is 18.2 Å². The molecule has 0 atom stereocenters. The van der Waals surface area contributed by atoms with E-state index in [1.54, 1.807) is 25.2 Å². The minimum Gasteiger partial charge on any atom is -0.322 e. The monoisotopic (exact) mass is 349 g/mol. The van der Waals surface area contributed by atoms with E-state index in [0.717, 1.165) is 0 Å². The first-order chi connectivity index (χ1) is 12.5. The molecule has 1 N–H and O–H groups in total. The van der Waals surface area contributed by atoms with Crippen LogP contribution in [0.25, 0.3) is 0 Å². The zero-order valence-corrected chi connectivity index (χ0v) is 14.0. The minimum absolute atomic E-state index is 0.142. The van der Waals surface area contributed by atoms with Crippen LogP contribution in [-0.4, -0.2) is 23.8 Å². The van der Waals surface area contributed by atoms with E-state index in [9.17, 15) is 14.0 Å². The van der Waals surface area contributed by atoms with Crippen LogP contribution in [0.4, 0.5) is 15.8 Å². The second kappa shape index (κ2) is 7.57. The largest absolute Gasteiger partial charge is 0.322 e. The van der Waals surface area contributed by atoms with Crippen molar-refractivity contribution in [1.82, 2.24) is 4.98 Å². The first kappa shape index (κ1) is 17.3. The molecule has 0 bridgehead atoms. The number of rotatable bonds is 4. The highest BCUT2D eigenvalue weighted by Crippen LogP contribution is 2.15. The number of carbonyl (C=O) groups is 2. The molecule has 1 heterocycles. The van der Waals surface area contributed by atoms with Gasteiger partial charge < -0.3 is 10.2 Å². The van der Waals surface area contributed by atoms with Crippen molar-refractivity contribution in [2.24, 2.45) is 0 Å². The third-order valence-electron chi connectivity index (χ3n) is 3.77. The number of nitrogens with zero attached hydrogens (tertiary/aromatic N) is 2. The molecule has 0 unspecified atom stereocenters. The van der Waals surface area contributed by atoms with E-state index in [4.69, 9.17) is 0 Å². The lowest BCUT2D eigenvalue weighted by molar-refractivity contribution is 0.0988. The zero-order chi connectivity index (χ0) is 18.5. The predicted octanol–water partition coefficient (Wildman–Crippen LogP) is 3.75. The van der Waals surface area contributed by atoms with Crippen LogP contribution in [0.15, 0.2) is 72.9 Å². The van der Waals surface area contributed by atoms with Crippen LogP contribution in [0.5, 0.6) is 0 Å². The Bertz CT molecular complexity index is 945. The smallest absolute Gasteiger partial charge is 0.276 e. The van der Waals surface area contributed by atoms with Gasteiger partial charge in [-0.15, -0.1) is 0 Å². The summed E-state index contributed by atoms with van der Waals surface area (Å²) in [5, 5.41) is 2.59. The molecular weight excluding hydrogens is 333 g/mol. The molecule has 26 heavy (non-hydrogen) atoms. The fourth-order valence-corrected chi connectivity index (χ4v) is 2.40. The maximum Gasteiger partial charge on any atom is 0.276 e. The molecule has 1 aromatic heterocycles. The molecule has 0 aliphatic carbocycles. The Hall–Kier alpha value is -3.54.